The van der Waals surface area contributed by atoms with Gasteiger partial charge in [0.1, 0.15) is 12.4 Å². The van der Waals surface area contributed by atoms with Gasteiger partial charge in [0.2, 0.25) is 0 Å². The zero-order chi connectivity index (χ0) is 16.8. The molecule has 1 saturated heterocycles. The Hall–Kier alpha value is -1.98. The molecule has 1 N–H and O–H groups in total. The highest BCUT2D eigenvalue weighted by Crippen LogP contribution is 2.20. The van der Waals surface area contributed by atoms with Gasteiger partial charge in [0, 0.05) is 22.8 Å². The number of rotatable bonds is 6. The van der Waals surface area contributed by atoms with Crippen molar-refractivity contribution in [3.8, 4) is 5.75 Å². The van der Waals surface area contributed by atoms with Crippen LogP contribution in [0.15, 0.2) is 53.4 Å². The average molecular weight is 343 g/mol. The molecule has 0 radical (unpaired) electrons. The summed E-state index contributed by atoms with van der Waals surface area (Å²) in [6.07, 6.45) is 4.31. The van der Waals surface area contributed by atoms with Gasteiger partial charge in [-0.05, 0) is 61.6 Å². The number of thioether (sulfide) groups is 1. The second-order valence-electron chi connectivity index (χ2n) is 5.66. The first-order valence-corrected chi connectivity index (χ1v) is 9.27. The molecule has 1 unspecified atom stereocenters. The fourth-order valence-corrected chi connectivity index (χ4v) is 2.98. The number of carbonyl (C=O) groups is 1. The molecule has 3 rings (SSSR count). The Kier molecular flexibility index (Phi) is 5.77. The summed E-state index contributed by atoms with van der Waals surface area (Å²) in [6, 6.07) is 15.0. The highest BCUT2D eigenvalue weighted by Gasteiger charge is 2.16. The standard InChI is InChI=1S/C19H21NO3S/c1-24-18-9-7-15(8-10-18)20-19(21)14-4-2-5-16(12-14)23-13-17-6-3-11-22-17/h2,4-5,7-10,12,17H,3,6,11,13H2,1H3,(H,20,21). The molecule has 1 aliphatic heterocycles. The zero-order valence-electron chi connectivity index (χ0n) is 13.7. The quantitative estimate of drug-likeness (QED) is 0.798. The third-order valence-electron chi connectivity index (χ3n) is 3.90. The van der Waals surface area contributed by atoms with Crippen molar-refractivity contribution in [3.05, 3.63) is 54.1 Å². The summed E-state index contributed by atoms with van der Waals surface area (Å²) in [5.41, 5.74) is 1.36. The predicted molar refractivity (Wildman–Crippen MR) is 97.1 cm³/mol. The normalized spacial score (nSPS) is 16.8. The van der Waals surface area contributed by atoms with E-state index in [1.807, 2.05) is 42.7 Å². The Morgan fingerprint density at radius 2 is 2.12 bits per heavy atom. The van der Waals surface area contributed by atoms with Crippen LogP contribution in [0.25, 0.3) is 0 Å². The lowest BCUT2D eigenvalue weighted by atomic mass is 10.2. The third kappa shape index (κ3) is 4.52. The summed E-state index contributed by atoms with van der Waals surface area (Å²) < 4.78 is 11.3. The molecule has 126 valence electrons. The van der Waals surface area contributed by atoms with Gasteiger partial charge in [0.15, 0.2) is 0 Å². The minimum atomic E-state index is -0.144. The Labute approximate surface area is 146 Å². The molecule has 1 atom stereocenters. The molecule has 0 bridgehead atoms. The van der Waals surface area contributed by atoms with Crippen LogP contribution in [0.3, 0.4) is 0 Å². The van der Waals surface area contributed by atoms with E-state index >= 15 is 0 Å². The lowest BCUT2D eigenvalue weighted by Gasteiger charge is -2.12. The fourth-order valence-electron chi connectivity index (χ4n) is 2.57. The minimum Gasteiger partial charge on any atom is -0.491 e. The van der Waals surface area contributed by atoms with Crippen molar-refractivity contribution >= 4 is 23.4 Å². The molecular weight excluding hydrogens is 322 g/mol. The molecule has 4 nitrogen and oxygen atoms in total. The van der Waals surface area contributed by atoms with Crippen molar-refractivity contribution in [1.82, 2.24) is 0 Å². The first-order chi connectivity index (χ1) is 11.7. The van der Waals surface area contributed by atoms with Crippen molar-refractivity contribution in [2.75, 3.05) is 24.8 Å². The van der Waals surface area contributed by atoms with Crippen molar-refractivity contribution in [2.24, 2.45) is 0 Å². The number of anilines is 1. The summed E-state index contributed by atoms with van der Waals surface area (Å²) in [7, 11) is 0. The topological polar surface area (TPSA) is 47.6 Å². The molecule has 0 spiro atoms. The lowest BCUT2D eigenvalue weighted by Crippen LogP contribution is -2.17. The molecular formula is C19H21NO3S. The van der Waals surface area contributed by atoms with Crippen molar-refractivity contribution in [1.29, 1.82) is 0 Å². The monoisotopic (exact) mass is 343 g/mol. The zero-order valence-corrected chi connectivity index (χ0v) is 14.5. The van der Waals surface area contributed by atoms with Crippen molar-refractivity contribution in [2.45, 2.75) is 23.8 Å². The van der Waals surface area contributed by atoms with E-state index in [-0.39, 0.29) is 12.0 Å². The van der Waals surface area contributed by atoms with Crippen LogP contribution < -0.4 is 10.1 Å². The predicted octanol–water partition coefficient (Wildman–Crippen LogP) is 4.22. The van der Waals surface area contributed by atoms with Gasteiger partial charge in [-0.15, -0.1) is 11.8 Å². The van der Waals surface area contributed by atoms with E-state index in [0.29, 0.717) is 17.9 Å². The molecule has 2 aromatic carbocycles. The van der Waals surface area contributed by atoms with E-state index in [2.05, 4.69) is 5.32 Å². The number of carbonyl (C=O) groups excluding carboxylic acids is 1. The van der Waals surface area contributed by atoms with Gasteiger partial charge in [0.05, 0.1) is 6.10 Å². The van der Waals surface area contributed by atoms with E-state index < -0.39 is 0 Å². The maximum atomic E-state index is 12.4. The van der Waals surface area contributed by atoms with E-state index in [1.54, 1.807) is 23.9 Å². The molecule has 0 aliphatic carbocycles. The molecule has 1 amide bonds. The van der Waals surface area contributed by atoms with Crippen LogP contribution in [0, 0.1) is 0 Å². The number of hydrogen-bond donors (Lipinski definition) is 1. The summed E-state index contributed by atoms with van der Waals surface area (Å²) >= 11 is 1.67. The second-order valence-corrected chi connectivity index (χ2v) is 6.54. The highest BCUT2D eigenvalue weighted by atomic mass is 32.2. The molecule has 1 fully saturated rings. The summed E-state index contributed by atoms with van der Waals surface area (Å²) in [5.74, 6) is 0.547. The summed E-state index contributed by atoms with van der Waals surface area (Å²) in [6.45, 7) is 1.34. The number of benzene rings is 2. The van der Waals surface area contributed by atoms with Gasteiger partial charge < -0.3 is 14.8 Å². The molecule has 24 heavy (non-hydrogen) atoms. The minimum absolute atomic E-state index is 0.144. The van der Waals surface area contributed by atoms with E-state index in [1.165, 1.54) is 0 Å². The van der Waals surface area contributed by atoms with Crippen LogP contribution in [-0.4, -0.2) is 31.5 Å². The number of ether oxygens (including phenoxy) is 2. The van der Waals surface area contributed by atoms with Gasteiger partial charge in [-0.25, -0.2) is 0 Å². The van der Waals surface area contributed by atoms with Crippen LogP contribution >= 0.6 is 11.8 Å². The maximum absolute atomic E-state index is 12.4. The van der Waals surface area contributed by atoms with Gasteiger partial charge in [-0.1, -0.05) is 6.07 Å². The summed E-state index contributed by atoms with van der Waals surface area (Å²) in [4.78, 5) is 13.5. The van der Waals surface area contributed by atoms with Crippen LogP contribution in [0.4, 0.5) is 5.69 Å². The number of hydrogen-bond acceptors (Lipinski definition) is 4. The Morgan fingerprint density at radius 1 is 1.29 bits per heavy atom. The molecule has 2 aromatic rings. The van der Waals surface area contributed by atoms with E-state index in [4.69, 9.17) is 9.47 Å². The molecule has 5 heteroatoms. The summed E-state index contributed by atoms with van der Waals surface area (Å²) in [5, 5.41) is 2.91. The Bertz CT molecular complexity index is 681. The second kappa shape index (κ2) is 8.22. The van der Waals surface area contributed by atoms with Gasteiger partial charge >= 0.3 is 0 Å². The molecule has 0 aromatic heterocycles. The average Bonchev–Trinajstić information content (AvgIpc) is 3.14. The largest absolute Gasteiger partial charge is 0.491 e. The van der Waals surface area contributed by atoms with Crippen molar-refractivity contribution < 1.29 is 14.3 Å². The lowest BCUT2D eigenvalue weighted by molar-refractivity contribution is 0.0679. The van der Waals surface area contributed by atoms with Gasteiger partial charge in [-0.2, -0.15) is 0 Å². The van der Waals surface area contributed by atoms with Crippen LogP contribution in [-0.2, 0) is 4.74 Å². The number of amides is 1. The molecule has 1 heterocycles. The van der Waals surface area contributed by atoms with Gasteiger partial charge in [-0.3, -0.25) is 4.79 Å². The van der Waals surface area contributed by atoms with E-state index in [0.717, 1.165) is 30.0 Å². The Balaban J connectivity index is 1.60. The van der Waals surface area contributed by atoms with Gasteiger partial charge in [0.25, 0.3) is 5.91 Å². The molecule has 1 aliphatic rings. The van der Waals surface area contributed by atoms with E-state index in [9.17, 15) is 4.79 Å². The highest BCUT2D eigenvalue weighted by molar-refractivity contribution is 7.98. The van der Waals surface area contributed by atoms with Crippen molar-refractivity contribution in [3.63, 3.8) is 0 Å². The SMILES string of the molecule is CSc1ccc(NC(=O)c2cccc(OCC3CCCO3)c2)cc1. The van der Waals surface area contributed by atoms with Crippen LogP contribution in [0.2, 0.25) is 0 Å². The van der Waals surface area contributed by atoms with Crippen LogP contribution in [0.1, 0.15) is 23.2 Å². The molecule has 0 saturated carbocycles. The number of nitrogens with one attached hydrogen (secondary N) is 1. The maximum Gasteiger partial charge on any atom is 0.255 e. The first kappa shape index (κ1) is 16.9. The fraction of sp³-hybridized carbons (Fsp3) is 0.316. The smallest absolute Gasteiger partial charge is 0.255 e. The third-order valence-corrected chi connectivity index (χ3v) is 4.65. The Morgan fingerprint density at radius 3 is 2.83 bits per heavy atom. The first-order valence-electron chi connectivity index (χ1n) is 8.04. The van der Waals surface area contributed by atoms with Crippen LogP contribution in [0.5, 0.6) is 5.75 Å².